The number of imidazole rings is 1. The molecule has 0 radical (unpaired) electrons. The molecule has 0 spiro atoms. The Labute approximate surface area is 166 Å². The molecule has 0 unspecified atom stereocenters. The fourth-order valence-corrected chi connectivity index (χ4v) is 4.53. The highest BCUT2D eigenvalue weighted by atomic mass is 35.5. The summed E-state index contributed by atoms with van der Waals surface area (Å²) in [7, 11) is 0. The molecular formula is C21H19ClFN3S. The number of para-hydroxylation sites is 1. The van der Waals surface area contributed by atoms with Gasteiger partial charge in [-0.2, -0.15) is 0 Å². The van der Waals surface area contributed by atoms with E-state index in [1.807, 2.05) is 6.07 Å². The van der Waals surface area contributed by atoms with Gasteiger partial charge in [0.15, 0.2) is 4.96 Å². The number of hydrogen-bond acceptors (Lipinski definition) is 3. The molecule has 4 rings (SSSR count). The van der Waals surface area contributed by atoms with E-state index in [1.54, 1.807) is 23.5 Å². The topological polar surface area (TPSA) is 29.3 Å². The van der Waals surface area contributed by atoms with Gasteiger partial charge >= 0.3 is 0 Å². The summed E-state index contributed by atoms with van der Waals surface area (Å²) in [5, 5.41) is 5.97. The molecule has 6 heteroatoms. The van der Waals surface area contributed by atoms with Gasteiger partial charge in [0.1, 0.15) is 17.3 Å². The van der Waals surface area contributed by atoms with Crippen LogP contribution in [-0.4, -0.2) is 9.38 Å². The van der Waals surface area contributed by atoms with Crippen molar-refractivity contribution in [3.05, 3.63) is 69.4 Å². The Morgan fingerprint density at radius 3 is 2.52 bits per heavy atom. The van der Waals surface area contributed by atoms with Crippen LogP contribution < -0.4 is 5.32 Å². The number of aromatic nitrogens is 2. The molecule has 4 aromatic rings. The molecule has 0 aliphatic heterocycles. The molecule has 1 N–H and O–H groups in total. The fourth-order valence-electron chi connectivity index (χ4n) is 3.30. The lowest BCUT2D eigenvalue weighted by atomic mass is 10.1. The predicted molar refractivity (Wildman–Crippen MR) is 112 cm³/mol. The minimum atomic E-state index is -0.379. The van der Waals surface area contributed by atoms with Gasteiger partial charge in [0.2, 0.25) is 0 Å². The van der Waals surface area contributed by atoms with E-state index in [-0.39, 0.29) is 5.82 Å². The van der Waals surface area contributed by atoms with Gasteiger partial charge in [-0.25, -0.2) is 9.37 Å². The second-order valence-corrected chi connectivity index (χ2v) is 7.74. The number of nitrogens with one attached hydrogen (secondary N) is 1. The summed E-state index contributed by atoms with van der Waals surface area (Å²) in [5.74, 6) is 0.364. The van der Waals surface area contributed by atoms with E-state index in [2.05, 4.69) is 48.0 Å². The molecule has 0 fully saturated rings. The molecule has 0 saturated carbocycles. The lowest BCUT2D eigenvalue weighted by molar-refractivity contribution is 0.631. The van der Waals surface area contributed by atoms with Gasteiger partial charge in [0, 0.05) is 16.8 Å². The first kappa shape index (κ1) is 18.0. The van der Waals surface area contributed by atoms with Crippen molar-refractivity contribution in [2.45, 2.75) is 27.2 Å². The highest BCUT2D eigenvalue weighted by Crippen LogP contribution is 2.39. The van der Waals surface area contributed by atoms with Crippen LogP contribution in [0.3, 0.4) is 0 Å². The minimum Gasteiger partial charge on any atom is -0.339 e. The number of benzene rings is 2. The molecule has 2 aromatic carbocycles. The Balaban J connectivity index is 2.01. The second kappa shape index (κ2) is 6.98. The highest BCUT2D eigenvalue weighted by molar-refractivity contribution is 7.15. The van der Waals surface area contributed by atoms with Crippen LogP contribution in [0.1, 0.15) is 23.7 Å². The van der Waals surface area contributed by atoms with Crippen molar-refractivity contribution in [1.29, 1.82) is 0 Å². The third kappa shape index (κ3) is 3.01. The number of halogens is 2. The third-order valence-corrected chi connectivity index (χ3v) is 5.91. The van der Waals surface area contributed by atoms with Crippen LogP contribution in [0.15, 0.2) is 41.8 Å². The first-order valence-corrected chi connectivity index (χ1v) is 10.0. The summed E-state index contributed by atoms with van der Waals surface area (Å²) in [6.07, 6.45) is 0.849. The molecule has 0 aliphatic rings. The molecule has 3 nitrogen and oxygen atoms in total. The van der Waals surface area contributed by atoms with E-state index in [1.165, 1.54) is 6.07 Å². The van der Waals surface area contributed by atoms with Crippen molar-refractivity contribution < 1.29 is 4.39 Å². The Hall–Kier alpha value is -2.37. The third-order valence-electron chi connectivity index (χ3n) is 4.72. The number of rotatable bonds is 4. The lowest BCUT2D eigenvalue weighted by Crippen LogP contribution is -2.02. The fraction of sp³-hybridized carbons (Fsp3) is 0.190. The van der Waals surface area contributed by atoms with Crippen molar-refractivity contribution in [1.82, 2.24) is 9.38 Å². The van der Waals surface area contributed by atoms with Gasteiger partial charge in [-0.15, -0.1) is 11.3 Å². The van der Waals surface area contributed by atoms with Crippen LogP contribution in [0.25, 0.3) is 16.2 Å². The molecule has 2 heterocycles. The summed E-state index contributed by atoms with van der Waals surface area (Å²) in [5.41, 5.74) is 5.21. The summed E-state index contributed by atoms with van der Waals surface area (Å²) >= 11 is 7.90. The van der Waals surface area contributed by atoms with E-state index < -0.39 is 0 Å². The first-order valence-electron chi connectivity index (χ1n) is 8.77. The largest absolute Gasteiger partial charge is 0.339 e. The summed E-state index contributed by atoms with van der Waals surface area (Å²) in [6.45, 7) is 6.20. The molecule has 0 aliphatic carbocycles. The van der Waals surface area contributed by atoms with Gasteiger partial charge in [0.25, 0.3) is 0 Å². The first-order chi connectivity index (χ1) is 13.0. The predicted octanol–water partition coefficient (Wildman–Crippen LogP) is 6.78. The van der Waals surface area contributed by atoms with Gasteiger partial charge < -0.3 is 5.32 Å². The average molecular weight is 400 g/mol. The minimum absolute atomic E-state index is 0.325. The average Bonchev–Trinajstić information content (AvgIpc) is 3.18. The maximum absolute atomic E-state index is 14.7. The normalized spacial score (nSPS) is 11.3. The standard InChI is InChI=1S/C21H19ClFN3S/c1-4-14-11-27-21-25-19(17-15(22)9-6-10-16(17)23)20(26(14)21)24-18-12(2)7-5-8-13(18)3/h5-11,24H,4H2,1-3H3. The van der Waals surface area contributed by atoms with Crippen molar-refractivity contribution in [3.8, 4) is 11.3 Å². The summed E-state index contributed by atoms with van der Waals surface area (Å²) in [4.78, 5) is 5.54. The quantitative estimate of drug-likeness (QED) is 0.410. The molecule has 0 atom stereocenters. The molecule has 0 saturated heterocycles. The van der Waals surface area contributed by atoms with E-state index >= 15 is 0 Å². The Bertz CT molecular complexity index is 1110. The Morgan fingerprint density at radius 2 is 1.85 bits per heavy atom. The number of thiazole rings is 1. The van der Waals surface area contributed by atoms with Crippen molar-refractivity contribution in [2.24, 2.45) is 0 Å². The molecule has 2 aromatic heterocycles. The van der Waals surface area contributed by atoms with Crippen LogP contribution >= 0.6 is 22.9 Å². The van der Waals surface area contributed by atoms with Crippen molar-refractivity contribution in [2.75, 3.05) is 5.32 Å². The number of nitrogens with zero attached hydrogens (tertiary/aromatic N) is 2. The monoisotopic (exact) mass is 399 g/mol. The van der Waals surface area contributed by atoms with E-state index in [4.69, 9.17) is 16.6 Å². The lowest BCUT2D eigenvalue weighted by Gasteiger charge is -2.15. The number of hydrogen-bond donors (Lipinski definition) is 1. The molecular weight excluding hydrogens is 381 g/mol. The van der Waals surface area contributed by atoms with Crippen LogP contribution in [0.4, 0.5) is 15.9 Å². The number of fused-ring (bicyclic) bond motifs is 1. The van der Waals surface area contributed by atoms with Gasteiger partial charge in [-0.05, 0) is 43.5 Å². The second-order valence-electron chi connectivity index (χ2n) is 6.50. The van der Waals surface area contributed by atoms with Crippen molar-refractivity contribution >= 4 is 39.4 Å². The van der Waals surface area contributed by atoms with E-state index in [0.29, 0.717) is 16.3 Å². The van der Waals surface area contributed by atoms with Crippen LogP contribution in [0.5, 0.6) is 0 Å². The zero-order valence-electron chi connectivity index (χ0n) is 15.3. The summed E-state index contributed by atoms with van der Waals surface area (Å²) in [6, 6.07) is 10.8. The van der Waals surface area contributed by atoms with E-state index in [0.717, 1.165) is 39.7 Å². The maximum atomic E-state index is 14.7. The molecule has 0 bridgehead atoms. The van der Waals surface area contributed by atoms with Crippen molar-refractivity contribution in [3.63, 3.8) is 0 Å². The zero-order chi connectivity index (χ0) is 19.1. The van der Waals surface area contributed by atoms with Gasteiger partial charge in [-0.1, -0.05) is 42.8 Å². The van der Waals surface area contributed by atoms with Gasteiger partial charge in [0.05, 0.1) is 10.6 Å². The SMILES string of the molecule is CCc1csc2nc(-c3c(F)cccc3Cl)c(Nc3c(C)cccc3C)n12. The van der Waals surface area contributed by atoms with Crippen LogP contribution in [0, 0.1) is 19.7 Å². The number of anilines is 2. The molecule has 0 amide bonds. The van der Waals surface area contributed by atoms with E-state index in [9.17, 15) is 4.39 Å². The number of aryl methyl sites for hydroxylation is 3. The maximum Gasteiger partial charge on any atom is 0.196 e. The van der Waals surface area contributed by atoms with Crippen LogP contribution in [0.2, 0.25) is 5.02 Å². The zero-order valence-corrected chi connectivity index (χ0v) is 16.9. The molecule has 138 valence electrons. The van der Waals surface area contributed by atoms with Crippen LogP contribution in [-0.2, 0) is 6.42 Å². The Morgan fingerprint density at radius 1 is 1.15 bits per heavy atom. The van der Waals surface area contributed by atoms with Gasteiger partial charge in [-0.3, -0.25) is 4.40 Å². The summed E-state index contributed by atoms with van der Waals surface area (Å²) < 4.78 is 16.7. The highest BCUT2D eigenvalue weighted by Gasteiger charge is 2.23. The Kier molecular flexibility index (Phi) is 4.66. The molecule has 27 heavy (non-hydrogen) atoms. The smallest absolute Gasteiger partial charge is 0.196 e.